The minimum Gasteiger partial charge on any atom is -0.353 e. The Morgan fingerprint density at radius 2 is 1.95 bits per heavy atom. The Morgan fingerprint density at radius 1 is 1.15 bits per heavy atom. The van der Waals surface area contributed by atoms with Crippen molar-refractivity contribution in [1.29, 1.82) is 0 Å². The van der Waals surface area contributed by atoms with Crippen molar-refractivity contribution in [2.75, 3.05) is 31.1 Å². The van der Waals surface area contributed by atoms with E-state index in [0.717, 1.165) is 43.2 Å². The van der Waals surface area contributed by atoms with Crippen LogP contribution >= 0.6 is 0 Å². The second-order valence-electron chi connectivity index (χ2n) is 5.02. The van der Waals surface area contributed by atoms with Crippen LogP contribution in [0.5, 0.6) is 0 Å². The summed E-state index contributed by atoms with van der Waals surface area (Å²) in [6.45, 7) is 5.74. The van der Waals surface area contributed by atoms with Crippen molar-refractivity contribution in [2.45, 2.75) is 6.92 Å². The smallest absolute Gasteiger partial charge is 0.271 e. The number of anilines is 1. The molecule has 0 spiro atoms. The van der Waals surface area contributed by atoms with Gasteiger partial charge in [0.1, 0.15) is 5.82 Å². The van der Waals surface area contributed by atoms with Crippen molar-refractivity contribution in [3.63, 3.8) is 0 Å². The number of aromatic nitrogens is 2. The minimum absolute atomic E-state index is 0.102. The molecule has 0 bridgehead atoms. The van der Waals surface area contributed by atoms with Crippen molar-refractivity contribution in [1.82, 2.24) is 15.1 Å². The van der Waals surface area contributed by atoms with Crippen molar-refractivity contribution in [2.24, 2.45) is 0 Å². The van der Waals surface area contributed by atoms with Crippen molar-refractivity contribution in [3.8, 4) is 5.69 Å². The molecule has 0 radical (unpaired) electrons. The van der Waals surface area contributed by atoms with E-state index in [4.69, 9.17) is 0 Å². The zero-order valence-corrected chi connectivity index (χ0v) is 11.5. The highest BCUT2D eigenvalue weighted by Gasteiger charge is 2.13. The average molecular weight is 270 g/mol. The SMILES string of the molecule is Cc1cccc(-n2nc(N3CCNCC3)ccc2=O)c1. The monoisotopic (exact) mass is 270 g/mol. The van der Waals surface area contributed by atoms with Crippen molar-refractivity contribution in [3.05, 3.63) is 52.3 Å². The molecule has 1 aliphatic rings. The third-order valence-corrected chi connectivity index (χ3v) is 3.47. The van der Waals surface area contributed by atoms with Gasteiger partial charge in [0.15, 0.2) is 0 Å². The van der Waals surface area contributed by atoms with E-state index in [1.165, 1.54) is 4.68 Å². The first-order chi connectivity index (χ1) is 9.74. The van der Waals surface area contributed by atoms with Gasteiger partial charge in [-0.1, -0.05) is 12.1 Å². The highest BCUT2D eigenvalue weighted by Crippen LogP contribution is 2.12. The van der Waals surface area contributed by atoms with Gasteiger partial charge < -0.3 is 10.2 Å². The molecule has 0 atom stereocenters. The number of rotatable bonds is 2. The van der Waals surface area contributed by atoms with Crippen LogP contribution in [0.25, 0.3) is 5.69 Å². The fourth-order valence-corrected chi connectivity index (χ4v) is 2.41. The summed E-state index contributed by atoms with van der Waals surface area (Å²) in [4.78, 5) is 14.2. The minimum atomic E-state index is -0.102. The first-order valence-electron chi connectivity index (χ1n) is 6.87. The topological polar surface area (TPSA) is 50.2 Å². The summed E-state index contributed by atoms with van der Waals surface area (Å²) in [7, 11) is 0. The number of hydrogen-bond donors (Lipinski definition) is 1. The molecule has 5 nitrogen and oxygen atoms in total. The van der Waals surface area contributed by atoms with Gasteiger partial charge in [0, 0.05) is 32.2 Å². The summed E-state index contributed by atoms with van der Waals surface area (Å²) in [5.74, 6) is 0.854. The molecular formula is C15H18N4O. The predicted octanol–water partition coefficient (Wildman–Crippen LogP) is 0.951. The maximum absolute atomic E-state index is 12.0. The normalized spacial score (nSPS) is 15.3. The zero-order chi connectivity index (χ0) is 13.9. The molecule has 0 amide bonds. The fourth-order valence-electron chi connectivity index (χ4n) is 2.41. The highest BCUT2D eigenvalue weighted by molar-refractivity contribution is 5.40. The molecule has 0 saturated carbocycles. The number of benzene rings is 1. The van der Waals surface area contributed by atoms with Crippen LogP contribution in [-0.2, 0) is 0 Å². The molecule has 1 saturated heterocycles. The van der Waals surface area contributed by atoms with E-state index in [1.807, 2.05) is 31.2 Å². The Morgan fingerprint density at radius 3 is 2.70 bits per heavy atom. The first-order valence-corrected chi connectivity index (χ1v) is 6.87. The van der Waals surface area contributed by atoms with E-state index in [2.05, 4.69) is 15.3 Å². The van der Waals surface area contributed by atoms with Crippen LogP contribution in [0.1, 0.15) is 5.56 Å². The van der Waals surface area contributed by atoms with E-state index in [1.54, 1.807) is 12.1 Å². The Labute approximate surface area is 117 Å². The number of nitrogens with zero attached hydrogens (tertiary/aromatic N) is 3. The van der Waals surface area contributed by atoms with E-state index in [9.17, 15) is 4.79 Å². The van der Waals surface area contributed by atoms with Crippen LogP contribution in [0.15, 0.2) is 41.2 Å². The third kappa shape index (κ3) is 2.58. The summed E-state index contributed by atoms with van der Waals surface area (Å²) in [5, 5.41) is 7.82. The largest absolute Gasteiger partial charge is 0.353 e. The standard InChI is InChI=1S/C15H18N4O/c1-12-3-2-4-13(11-12)19-15(20)6-5-14(17-19)18-9-7-16-8-10-18/h2-6,11,16H,7-10H2,1H3. The molecule has 5 heteroatoms. The molecule has 1 fully saturated rings. The number of hydrogen-bond acceptors (Lipinski definition) is 4. The molecule has 104 valence electrons. The Bertz CT molecular complexity index is 659. The van der Waals surface area contributed by atoms with E-state index < -0.39 is 0 Å². The van der Waals surface area contributed by atoms with Crippen LogP contribution in [0.3, 0.4) is 0 Å². The first kappa shape index (κ1) is 12.9. The predicted molar refractivity (Wildman–Crippen MR) is 79.7 cm³/mol. The molecule has 1 N–H and O–H groups in total. The fraction of sp³-hybridized carbons (Fsp3) is 0.333. The second kappa shape index (κ2) is 5.46. The lowest BCUT2D eigenvalue weighted by atomic mass is 10.2. The summed E-state index contributed by atoms with van der Waals surface area (Å²) in [5.41, 5.74) is 1.82. The highest BCUT2D eigenvalue weighted by atomic mass is 16.1. The molecule has 20 heavy (non-hydrogen) atoms. The van der Waals surface area contributed by atoms with Gasteiger partial charge in [0.2, 0.25) is 0 Å². The third-order valence-electron chi connectivity index (χ3n) is 3.47. The molecule has 3 rings (SSSR count). The van der Waals surface area contributed by atoms with Gasteiger partial charge in [0.05, 0.1) is 5.69 Å². The van der Waals surface area contributed by atoms with Crippen LogP contribution < -0.4 is 15.8 Å². The Balaban J connectivity index is 2.00. The average Bonchev–Trinajstić information content (AvgIpc) is 2.48. The molecule has 2 aromatic rings. The van der Waals surface area contributed by atoms with Crippen LogP contribution in [0, 0.1) is 6.92 Å². The summed E-state index contributed by atoms with van der Waals surface area (Å²) < 4.78 is 1.48. The Hall–Kier alpha value is -2.14. The van der Waals surface area contributed by atoms with Gasteiger partial charge in [-0.05, 0) is 30.7 Å². The van der Waals surface area contributed by atoms with Gasteiger partial charge in [-0.2, -0.15) is 4.68 Å². The lowest BCUT2D eigenvalue weighted by molar-refractivity contribution is 0.579. The van der Waals surface area contributed by atoms with E-state index >= 15 is 0 Å². The molecule has 0 aliphatic carbocycles. The molecule has 1 aromatic heterocycles. The molecular weight excluding hydrogens is 252 g/mol. The van der Waals surface area contributed by atoms with Crippen LogP contribution in [0.4, 0.5) is 5.82 Å². The summed E-state index contributed by atoms with van der Waals surface area (Å²) >= 11 is 0. The number of nitrogens with one attached hydrogen (secondary N) is 1. The number of piperazine rings is 1. The van der Waals surface area contributed by atoms with Gasteiger partial charge in [-0.15, -0.1) is 5.10 Å². The van der Waals surface area contributed by atoms with Gasteiger partial charge in [-0.25, -0.2) is 0 Å². The van der Waals surface area contributed by atoms with E-state index in [0.29, 0.717) is 0 Å². The maximum Gasteiger partial charge on any atom is 0.271 e. The summed E-state index contributed by atoms with van der Waals surface area (Å²) in [6.07, 6.45) is 0. The van der Waals surface area contributed by atoms with Gasteiger partial charge >= 0.3 is 0 Å². The molecule has 1 aliphatic heterocycles. The lowest BCUT2D eigenvalue weighted by Gasteiger charge is -2.28. The number of aryl methyl sites for hydroxylation is 1. The van der Waals surface area contributed by atoms with Crippen LogP contribution in [0.2, 0.25) is 0 Å². The van der Waals surface area contributed by atoms with Gasteiger partial charge in [0.25, 0.3) is 5.56 Å². The van der Waals surface area contributed by atoms with Gasteiger partial charge in [-0.3, -0.25) is 4.79 Å². The second-order valence-corrected chi connectivity index (χ2v) is 5.02. The summed E-state index contributed by atoms with van der Waals surface area (Å²) in [6, 6.07) is 11.2. The molecule has 2 heterocycles. The zero-order valence-electron chi connectivity index (χ0n) is 11.5. The quantitative estimate of drug-likeness (QED) is 0.883. The van der Waals surface area contributed by atoms with Crippen LogP contribution in [-0.4, -0.2) is 36.0 Å². The Kier molecular flexibility index (Phi) is 3.52. The molecule has 1 aromatic carbocycles. The van der Waals surface area contributed by atoms with Crippen molar-refractivity contribution < 1.29 is 0 Å². The van der Waals surface area contributed by atoms with Crippen molar-refractivity contribution >= 4 is 5.82 Å². The maximum atomic E-state index is 12.0. The molecule has 0 unspecified atom stereocenters. The van der Waals surface area contributed by atoms with E-state index in [-0.39, 0.29) is 5.56 Å². The lowest BCUT2D eigenvalue weighted by Crippen LogP contribution is -2.44.